The number of sulfonamides is 1. The molecule has 9 heteroatoms. The molecule has 0 saturated carbocycles. The highest BCUT2D eigenvalue weighted by Gasteiger charge is 2.26. The largest absolute Gasteiger partial charge is 0.478 e. The number of carbonyl (C=O) groups excluding carboxylic acids is 1. The van der Waals surface area contributed by atoms with Crippen LogP contribution in [0.2, 0.25) is 0 Å². The minimum atomic E-state index is -4.05. The maximum Gasteiger partial charge on any atom is 0.335 e. The first kappa shape index (κ1) is 20.5. The number of hydrogen-bond acceptors (Lipinski definition) is 5. The molecule has 0 bridgehead atoms. The van der Waals surface area contributed by atoms with Gasteiger partial charge in [-0.1, -0.05) is 6.07 Å². The maximum absolute atomic E-state index is 13.1. The summed E-state index contributed by atoms with van der Waals surface area (Å²) in [7, 11) is -4.05. The maximum atomic E-state index is 13.1. The lowest BCUT2D eigenvalue weighted by Crippen LogP contribution is -2.17. The van der Waals surface area contributed by atoms with E-state index in [2.05, 4.69) is 15.0 Å². The Morgan fingerprint density at radius 3 is 2.45 bits per heavy atom. The van der Waals surface area contributed by atoms with Crippen LogP contribution in [-0.2, 0) is 22.9 Å². The molecule has 3 N–H and O–H groups in total. The zero-order chi connectivity index (χ0) is 22.0. The Morgan fingerprint density at radius 2 is 1.71 bits per heavy atom. The lowest BCUT2D eigenvalue weighted by atomic mass is 10.1. The first-order valence-electron chi connectivity index (χ1n) is 9.57. The van der Waals surface area contributed by atoms with E-state index in [1.807, 2.05) is 0 Å². The topological polar surface area (TPSA) is 125 Å². The number of carboxylic acids is 1. The number of hydrogen-bond donors (Lipinski definition) is 3. The summed E-state index contributed by atoms with van der Waals surface area (Å²) >= 11 is 0. The van der Waals surface area contributed by atoms with Gasteiger partial charge < -0.3 is 10.4 Å². The first-order valence-corrected chi connectivity index (χ1v) is 11.1. The van der Waals surface area contributed by atoms with Gasteiger partial charge in [-0.2, -0.15) is 0 Å². The lowest BCUT2D eigenvalue weighted by molar-refractivity contribution is 0.0696. The van der Waals surface area contributed by atoms with Crippen LogP contribution in [0.15, 0.2) is 65.8 Å². The zero-order valence-electron chi connectivity index (χ0n) is 16.3. The van der Waals surface area contributed by atoms with Gasteiger partial charge in [0.1, 0.15) is 0 Å². The molecular weight excluding hydrogens is 418 g/mol. The van der Waals surface area contributed by atoms with E-state index in [-0.39, 0.29) is 21.7 Å². The standard InChI is InChI=1S/C22H19N3O5S/c26-21(24-17-7-9-23-10-8-17)15-4-1-5-18(12-15)25-31(29,30)20-13-16(22(27)28)11-14-3-2-6-19(14)20/h1,4-5,7-13,25H,2-3,6H2,(H,27,28)(H,23,24,26). The molecule has 158 valence electrons. The fraction of sp³-hybridized carbons (Fsp3) is 0.136. The van der Waals surface area contributed by atoms with Crippen molar-refractivity contribution >= 4 is 33.3 Å². The number of aromatic nitrogens is 1. The van der Waals surface area contributed by atoms with Crippen LogP contribution in [0, 0.1) is 0 Å². The number of nitrogens with zero attached hydrogens (tertiary/aromatic N) is 1. The highest BCUT2D eigenvalue weighted by Crippen LogP contribution is 2.31. The van der Waals surface area contributed by atoms with Gasteiger partial charge in [0, 0.05) is 29.3 Å². The lowest BCUT2D eigenvalue weighted by Gasteiger charge is -2.14. The molecule has 0 spiro atoms. The van der Waals surface area contributed by atoms with E-state index >= 15 is 0 Å². The number of anilines is 2. The summed E-state index contributed by atoms with van der Waals surface area (Å²) in [6.07, 6.45) is 5.07. The summed E-state index contributed by atoms with van der Waals surface area (Å²) in [5.74, 6) is -1.58. The second-order valence-electron chi connectivity index (χ2n) is 7.15. The zero-order valence-corrected chi connectivity index (χ0v) is 17.1. The molecule has 1 amide bonds. The van der Waals surface area contributed by atoms with Gasteiger partial charge in [-0.25, -0.2) is 13.2 Å². The van der Waals surface area contributed by atoms with Gasteiger partial charge in [-0.3, -0.25) is 14.5 Å². The second kappa shape index (κ2) is 8.19. The van der Waals surface area contributed by atoms with Gasteiger partial charge in [0.15, 0.2) is 0 Å². The molecule has 31 heavy (non-hydrogen) atoms. The molecule has 0 unspecified atom stereocenters. The number of rotatable bonds is 6. The Kier molecular flexibility index (Phi) is 5.43. The summed E-state index contributed by atoms with van der Waals surface area (Å²) in [6, 6.07) is 12.1. The first-order chi connectivity index (χ1) is 14.8. The second-order valence-corrected chi connectivity index (χ2v) is 8.80. The number of nitrogens with one attached hydrogen (secondary N) is 2. The number of pyridine rings is 1. The van der Waals surface area contributed by atoms with E-state index < -0.39 is 21.9 Å². The van der Waals surface area contributed by atoms with Crippen LogP contribution in [0.5, 0.6) is 0 Å². The van der Waals surface area contributed by atoms with Crippen LogP contribution in [0.3, 0.4) is 0 Å². The van der Waals surface area contributed by atoms with Crippen molar-refractivity contribution in [1.29, 1.82) is 0 Å². The molecule has 2 aromatic carbocycles. The van der Waals surface area contributed by atoms with Crippen LogP contribution in [-0.4, -0.2) is 30.4 Å². The predicted molar refractivity (Wildman–Crippen MR) is 115 cm³/mol. The molecule has 1 aliphatic rings. The summed E-state index contributed by atoms with van der Waals surface area (Å²) in [5, 5.41) is 12.1. The van der Waals surface area contributed by atoms with Crippen molar-refractivity contribution < 1.29 is 23.1 Å². The number of amides is 1. The summed E-state index contributed by atoms with van der Waals surface area (Å²) < 4.78 is 28.7. The van der Waals surface area contributed by atoms with Crippen molar-refractivity contribution in [2.24, 2.45) is 0 Å². The SMILES string of the molecule is O=C(O)c1cc2c(c(S(=O)(=O)Nc3cccc(C(=O)Nc4ccncc4)c3)c1)CCC2. The number of carbonyl (C=O) groups is 2. The fourth-order valence-electron chi connectivity index (χ4n) is 3.60. The highest BCUT2D eigenvalue weighted by molar-refractivity contribution is 7.92. The Labute approximate surface area is 179 Å². The molecule has 0 fully saturated rings. The summed E-state index contributed by atoms with van der Waals surface area (Å²) in [5.41, 5.74) is 2.35. The predicted octanol–water partition coefficient (Wildman–Crippen LogP) is 3.32. The van der Waals surface area contributed by atoms with Crippen LogP contribution in [0.4, 0.5) is 11.4 Å². The molecule has 1 heterocycles. The molecule has 0 aliphatic heterocycles. The monoisotopic (exact) mass is 437 g/mol. The smallest absolute Gasteiger partial charge is 0.335 e. The molecular formula is C22H19N3O5S. The molecule has 1 aliphatic carbocycles. The van der Waals surface area contributed by atoms with Crippen LogP contribution in [0.25, 0.3) is 0 Å². The van der Waals surface area contributed by atoms with Crippen LogP contribution in [0.1, 0.15) is 38.3 Å². The highest BCUT2D eigenvalue weighted by atomic mass is 32.2. The van der Waals surface area contributed by atoms with Crippen molar-refractivity contribution in [3.8, 4) is 0 Å². The van der Waals surface area contributed by atoms with Crippen molar-refractivity contribution in [3.63, 3.8) is 0 Å². The van der Waals surface area contributed by atoms with Crippen molar-refractivity contribution in [2.45, 2.75) is 24.2 Å². The van der Waals surface area contributed by atoms with E-state index in [0.29, 0.717) is 24.1 Å². The Morgan fingerprint density at radius 1 is 0.935 bits per heavy atom. The van der Waals surface area contributed by atoms with Crippen molar-refractivity contribution in [2.75, 3.05) is 10.0 Å². The van der Waals surface area contributed by atoms with Gasteiger partial charge in [0.2, 0.25) is 0 Å². The Balaban J connectivity index is 1.62. The van der Waals surface area contributed by atoms with Gasteiger partial charge in [0.05, 0.1) is 10.5 Å². The van der Waals surface area contributed by atoms with Crippen LogP contribution < -0.4 is 10.0 Å². The number of carboxylic acid groups (broad SMARTS) is 1. The van der Waals surface area contributed by atoms with E-state index in [0.717, 1.165) is 12.0 Å². The van der Waals surface area contributed by atoms with Crippen molar-refractivity contribution in [1.82, 2.24) is 4.98 Å². The Hall–Kier alpha value is -3.72. The van der Waals surface area contributed by atoms with E-state index in [4.69, 9.17) is 0 Å². The molecule has 0 radical (unpaired) electrons. The Bertz CT molecular complexity index is 1270. The van der Waals surface area contributed by atoms with E-state index in [1.165, 1.54) is 24.3 Å². The molecule has 1 aromatic heterocycles. The average molecular weight is 437 g/mol. The molecule has 8 nitrogen and oxygen atoms in total. The van der Waals surface area contributed by atoms with E-state index in [1.54, 1.807) is 36.7 Å². The van der Waals surface area contributed by atoms with Gasteiger partial charge in [0.25, 0.3) is 15.9 Å². The molecule has 0 atom stereocenters. The van der Waals surface area contributed by atoms with E-state index in [9.17, 15) is 23.1 Å². The third kappa shape index (κ3) is 4.41. The number of fused-ring (bicyclic) bond motifs is 1. The van der Waals surface area contributed by atoms with Crippen LogP contribution >= 0.6 is 0 Å². The third-order valence-electron chi connectivity index (χ3n) is 5.03. The number of aromatic carboxylic acids is 1. The van der Waals surface area contributed by atoms with Gasteiger partial charge in [-0.05, 0) is 72.9 Å². The average Bonchev–Trinajstić information content (AvgIpc) is 3.22. The number of benzene rings is 2. The summed E-state index contributed by atoms with van der Waals surface area (Å²) in [6.45, 7) is 0. The fourth-order valence-corrected chi connectivity index (χ4v) is 4.99. The summed E-state index contributed by atoms with van der Waals surface area (Å²) in [4.78, 5) is 27.8. The van der Waals surface area contributed by atoms with Gasteiger partial charge >= 0.3 is 5.97 Å². The molecule has 3 aromatic rings. The minimum absolute atomic E-state index is 0.0356. The minimum Gasteiger partial charge on any atom is -0.478 e. The third-order valence-corrected chi connectivity index (χ3v) is 6.47. The molecule has 4 rings (SSSR count). The van der Waals surface area contributed by atoms with Gasteiger partial charge in [-0.15, -0.1) is 0 Å². The van der Waals surface area contributed by atoms with Crippen molar-refractivity contribution in [3.05, 3.63) is 83.2 Å². The normalized spacial score (nSPS) is 12.8. The number of aryl methyl sites for hydroxylation is 1. The quantitative estimate of drug-likeness (QED) is 0.543. The molecule has 0 saturated heterocycles.